The van der Waals surface area contributed by atoms with Crippen molar-refractivity contribution in [1.82, 2.24) is 20.1 Å². The normalized spacial score (nSPS) is 18.8. The van der Waals surface area contributed by atoms with Gasteiger partial charge in [-0.3, -0.25) is 4.98 Å². The van der Waals surface area contributed by atoms with Crippen molar-refractivity contribution in [3.05, 3.63) is 22.4 Å². The lowest BCUT2D eigenvalue weighted by Crippen LogP contribution is -2.52. The summed E-state index contributed by atoms with van der Waals surface area (Å²) in [5.41, 5.74) is 0.810. The molecule has 1 aromatic heterocycles. The van der Waals surface area contributed by atoms with Gasteiger partial charge >= 0.3 is 6.03 Å². The molecule has 2 amide bonds. The number of carbonyl (C=O) groups excluding carboxylic acids is 1. The van der Waals surface area contributed by atoms with Gasteiger partial charge in [0, 0.05) is 45.1 Å². The lowest BCUT2D eigenvalue weighted by atomic mass is 10.1. The Morgan fingerprint density at radius 2 is 1.65 bits per heavy atom. The molecule has 6 nitrogen and oxygen atoms in total. The number of likely N-dealkylation sites (tertiary alicyclic amines) is 1. The number of pyridine rings is 1. The van der Waals surface area contributed by atoms with Gasteiger partial charge in [-0.25, -0.2) is 4.79 Å². The van der Waals surface area contributed by atoms with Crippen LogP contribution in [0.2, 0.25) is 10.0 Å². The zero-order valence-electron chi connectivity index (χ0n) is 15.1. The summed E-state index contributed by atoms with van der Waals surface area (Å²) in [6.07, 6.45) is 8.18. The molecule has 2 fully saturated rings. The number of nitrogens with zero attached hydrogens (tertiary/aromatic N) is 4. The second-order valence-electron chi connectivity index (χ2n) is 6.91. The Morgan fingerprint density at radius 3 is 2.31 bits per heavy atom. The topological polar surface area (TPSA) is 51.7 Å². The Morgan fingerprint density at radius 1 is 1.00 bits per heavy atom. The molecule has 0 spiro atoms. The van der Waals surface area contributed by atoms with Gasteiger partial charge in [0.1, 0.15) is 0 Å². The quantitative estimate of drug-likeness (QED) is 0.772. The minimum absolute atomic E-state index is 0.0233. The molecule has 0 bridgehead atoms. The third-order valence-electron chi connectivity index (χ3n) is 5.09. The first-order valence-corrected chi connectivity index (χ1v) is 10.2. The standard InChI is InChI=1S/C18H27Cl2N5O/c19-15-13-21-14-16(20)17(15)24-9-11-25(12-10-24)18(26)22-5-4-8-23-6-2-1-3-7-23/h13-14H,1-12H2,(H,22,26). The summed E-state index contributed by atoms with van der Waals surface area (Å²) < 4.78 is 0. The number of amides is 2. The minimum Gasteiger partial charge on any atom is -0.365 e. The van der Waals surface area contributed by atoms with Crippen molar-refractivity contribution in [3.8, 4) is 0 Å². The number of hydrogen-bond donors (Lipinski definition) is 1. The molecular weight excluding hydrogens is 373 g/mol. The highest BCUT2D eigenvalue weighted by molar-refractivity contribution is 6.38. The number of carbonyl (C=O) groups is 1. The van der Waals surface area contributed by atoms with Crippen LogP contribution in [0.3, 0.4) is 0 Å². The maximum absolute atomic E-state index is 12.3. The van der Waals surface area contributed by atoms with Crippen LogP contribution in [0.1, 0.15) is 25.7 Å². The Balaban J connectivity index is 1.38. The lowest BCUT2D eigenvalue weighted by Gasteiger charge is -2.36. The number of halogens is 2. The van der Waals surface area contributed by atoms with Crippen LogP contribution in [-0.2, 0) is 0 Å². The molecule has 26 heavy (non-hydrogen) atoms. The Bertz CT molecular complexity index is 581. The van der Waals surface area contributed by atoms with Crippen LogP contribution in [0.15, 0.2) is 12.4 Å². The van der Waals surface area contributed by atoms with E-state index in [-0.39, 0.29) is 6.03 Å². The van der Waals surface area contributed by atoms with Crippen LogP contribution in [0.5, 0.6) is 0 Å². The molecule has 0 aromatic carbocycles. The molecular formula is C18H27Cl2N5O. The summed E-state index contributed by atoms with van der Waals surface area (Å²) in [5.74, 6) is 0. The van der Waals surface area contributed by atoms with E-state index in [9.17, 15) is 4.79 Å². The number of rotatable bonds is 5. The number of aromatic nitrogens is 1. The van der Waals surface area contributed by atoms with E-state index in [0.717, 1.165) is 25.2 Å². The molecule has 0 aliphatic carbocycles. The summed E-state index contributed by atoms with van der Waals surface area (Å²) in [7, 11) is 0. The van der Waals surface area contributed by atoms with Crippen molar-refractivity contribution in [2.24, 2.45) is 0 Å². The number of hydrogen-bond acceptors (Lipinski definition) is 4. The summed E-state index contributed by atoms with van der Waals surface area (Å²) in [5, 5.41) is 4.15. The van der Waals surface area contributed by atoms with E-state index in [4.69, 9.17) is 23.2 Å². The fourth-order valence-electron chi connectivity index (χ4n) is 3.63. The molecule has 0 atom stereocenters. The second kappa shape index (κ2) is 9.62. The van der Waals surface area contributed by atoms with Crippen molar-refractivity contribution >= 4 is 34.9 Å². The van der Waals surface area contributed by atoms with Crippen LogP contribution in [-0.4, -0.2) is 73.2 Å². The fourth-order valence-corrected chi connectivity index (χ4v) is 4.24. The van der Waals surface area contributed by atoms with E-state index in [0.29, 0.717) is 36.2 Å². The molecule has 1 N–H and O–H groups in total. The predicted octanol–water partition coefficient (Wildman–Crippen LogP) is 3.10. The van der Waals surface area contributed by atoms with Gasteiger partial charge in [0.15, 0.2) is 0 Å². The third-order valence-corrected chi connectivity index (χ3v) is 5.64. The van der Waals surface area contributed by atoms with E-state index >= 15 is 0 Å². The highest BCUT2D eigenvalue weighted by Crippen LogP contribution is 2.32. The van der Waals surface area contributed by atoms with Gasteiger partial charge in [0.25, 0.3) is 0 Å². The van der Waals surface area contributed by atoms with E-state index < -0.39 is 0 Å². The fraction of sp³-hybridized carbons (Fsp3) is 0.667. The average Bonchev–Trinajstić information content (AvgIpc) is 2.66. The van der Waals surface area contributed by atoms with E-state index in [1.807, 2.05) is 4.90 Å². The minimum atomic E-state index is 0.0233. The van der Waals surface area contributed by atoms with Gasteiger partial charge in [-0.2, -0.15) is 0 Å². The number of piperidine rings is 1. The largest absolute Gasteiger partial charge is 0.365 e. The van der Waals surface area contributed by atoms with Crippen molar-refractivity contribution in [1.29, 1.82) is 0 Å². The SMILES string of the molecule is O=C(NCCCN1CCCCC1)N1CCN(c2c(Cl)cncc2Cl)CC1. The molecule has 3 heterocycles. The van der Waals surface area contributed by atoms with Gasteiger partial charge in [0.05, 0.1) is 15.7 Å². The Kier molecular flexibility index (Phi) is 7.23. The highest BCUT2D eigenvalue weighted by Gasteiger charge is 2.23. The number of piperazine rings is 1. The van der Waals surface area contributed by atoms with Gasteiger partial charge in [-0.05, 0) is 38.9 Å². The lowest BCUT2D eigenvalue weighted by molar-refractivity contribution is 0.191. The highest BCUT2D eigenvalue weighted by atomic mass is 35.5. The van der Waals surface area contributed by atoms with Crippen LogP contribution < -0.4 is 10.2 Å². The summed E-state index contributed by atoms with van der Waals surface area (Å²) >= 11 is 12.4. The monoisotopic (exact) mass is 399 g/mol. The van der Waals surface area contributed by atoms with Crippen LogP contribution >= 0.6 is 23.2 Å². The predicted molar refractivity (Wildman–Crippen MR) is 106 cm³/mol. The van der Waals surface area contributed by atoms with E-state index in [1.165, 1.54) is 32.4 Å². The molecule has 2 aliphatic rings. The van der Waals surface area contributed by atoms with Gasteiger partial charge in [-0.1, -0.05) is 29.6 Å². The molecule has 144 valence electrons. The van der Waals surface area contributed by atoms with Crippen LogP contribution in [0, 0.1) is 0 Å². The van der Waals surface area contributed by atoms with Crippen LogP contribution in [0.25, 0.3) is 0 Å². The summed E-state index contributed by atoms with van der Waals surface area (Å²) in [6.45, 7) is 6.96. The number of nitrogens with one attached hydrogen (secondary N) is 1. The van der Waals surface area contributed by atoms with Crippen molar-refractivity contribution in [2.45, 2.75) is 25.7 Å². The van der Waals surface area contributed by atoms with E-state index in [1.54, 1.807) is 12.4 Å². The maximum atomic E-state index is 12.3. The first-order valence-electron chi connectivity index (χ1n) is 9.44. The number of anilines is 1. The maximum Gasteiger partial charge on any atom is 0.317 e. The Hall–Kier alpha value is -1.24. The van der Waals surface area contributed by atoms with Crippen LogP contribution in [0.4, 0.5) is 10.5 Å². The molecule has 3 rings (SSSR count). The zero-order chi connectivity index (χ0) is 18.4. The first kappa shape index (κ1) is 19.5. The molecule has 2 saturated heterocycles. The Labute approximate surface area is 165 Å². The molecule has 2 aliphatic heterocycles. The van der Waals surface area contributed by atoms with Crippen molar-refractivity contribution < 1.29 is 4.79 Å². The van der Waals surface area contributed by atoms with Gasteiger partial charge < -0.3 is 20.0 Å². The van der Waals surface area contributed by atoms with Crippen molar-refractivity contribution in [3.63, 3.8) is 0 Å². The summed E-state index contributed by atoms with van der Waals surface area (Å²) in [6, 6.07) is 0.0233. The molecule has 1 aromatic rings. The van der Waals surface area contributed by atoms with Crippen molar-refractivity contribution in [2.75, 3.05) is 57.3 Å². The van der Waals surface area contributed by atoms with E-state index in [2.05, 4.69) is 20.1 Å². The molecule has 0 unspecified atom stereocenters. The average molecular weight is 400 g/mol. The molecule has 8 heteroatoms. The zero-order valence-corrected chi connectivity index (χ0v) is 16.6. The van der Waals surface area contributed by atoms with Gasteiger partial charge in [0.2, 0.25) is 0 Å². The first-order chi connectivity index (χ1) is 12.6. The molecule has 0 saturated carbocycles. The van der Waals surface area contributed by atoms with Gasteiger partial charge in [-0.15, -0.1) is 0 Å². The second-order valence-corrected chi connectivity index (χ2v) is 7.73. The smallest absolute Gasteiger partial charge is 0.317 e. The third kappa shape index (κ3) is 5.15. The molecule has 0 radical (unpaired) electrons. The number of urea groups is 1. The summed E-state index contributed by atoms with van der Waals surface area (Å²) in [4.78, 5) is 22.8.